The van der Waals surface area contributed by atoms with Crippen LogP contribution >= 0.6 is 27.5 Å². The van der Waals surface area contributed by atoms with Gasteiger partial charge < -0.3 is 5.32 Å². The first-order chi connectivity index (χ1) is 7.93. The Morgan fingerprint density at radius 2 is 2.12 bits per heavy atom. The Morgan fingerprint density at radius 3 is 2.71 bits per heavy atom. The van der Waals surface area contributed by atoms with Gasteiger partial charge in [-0.1, -0.05) is 26.0 Å². The molecule has 0 aliphatic carbocycles. The summed E-state index contributed by atoms with van der Waals surface area (Å²) in [5.41, 5.74) is 1.70. The minimum atomic E-state index is -0.0909. The van der Waals surface area contributed by atoms with E-state index in [1.807, 2.05) is 32.9 Å². The van der Waals surface area contributed by atoms with Gasteiger partial charge in [-0.2, -0.15) is 0 Å². The molecule has 0 radical (unpaired) electrons. The lowest BCUT2D eigenvalue weighted by molar-refractivity contribution is 0.0951. The van der Waals surface area contributed by atoms with Crippen LogP contribution in [0.1, 0.15) is 29.8 Å². The van der Waals surface area contributed by atoms with Gasteiger partial charge in [0.1, 0.15) is 0 Å². The Balaban J connectivity index is 2.68. The fourth-order valence-corrected chi connectivity index (χ4v) is 1.87. The fourth-order valence-electron chi connectivity index (χ4n) is 1.34. The molecule has 4 heteroatoms. The maximum Gasteiger partial charge on any atom is 0.252 e. The first-order valence-electron chi connectivity index (χ1n) is 5.61. The summed E-state index contributed by atoms with van der Waals surface area (Å²) in [6.07, 6.45) is 0. The Hall–Kier alpha value is -0.540. The van der Waals surface area contributed by atoms with Crippen molar-refractivity contribution >= 4 is 33.4 Å². The van der Waals surface area contributed by atoms with E-state index in [4.69, 9.17) is 11.6 Å². The monoisotopic (exact) mass is 317 g/mol. The molecule has 0 aromatic heterocycles. The Labute approximate surface area is 116 Å². The average Bonchev–Trinajstić information content (AvgIpc) is 2.29. The van der Waals surface area contributed by atoms with Crippen LogP contribution in [-0.2, 0) is 0 Å². The summed E-state index contributed by atoms with van der Waals surface area (Å²) in [4.78, 5) is 11.9. The van der Waals surface area contributed by atoms with E-state index in [0.717, 1.165) is 10.0 Å². The Bertz CT molecular complexity index is 406. The van der Waals surface area contributed by atoms with Crippen molar-refractivity contribution < 1.29 is 4.79 Å². The Kier molecular flexibility index (Phi) is 5.47. The molecule has 1 aromatic carbocycles. The molecule has 1 aromatic rings. The molecule has 0 spiro atoms. The first kappa shape index (κ1) is 14.5. The third-order valence-electron chi connectivity index (χ3n) is 2.62. The number of halogens is 2. The van der Waals surface area contributed by atoms with Crippen LogP contribution in [0.2, 0.25) is 0 Å². The zero-order valence-corrected chi connectivity index (χ0v) is 12.6. The van der Waals surface area contributed by atoms with E-state index in [2.05, 4.69) is 21.2 Å². The van der Waals surface area contributed by atoms with Gasteiger partial charge in [0.2, 0.25) is 0 Å². The molecule has 0 fully saturated rings. The molecule has 1 unspecified atom stereocenters. The number of nitrogens with one attached hydrogen (secondary N) is 1. The van der Waals surface area contributed by atoms with Gasteiger partial charge >= 0.3 is 0 Å². The molecule has 0 heterocycles. The van der Waals surface area contributed by atoms with Crippen molar-refractivity contribution in [2.24, 2.45) is 5.92 Å². The normalized spacial score (nSPS) is 12.6. The first-order valence-corrected chi connectivity index (χ1v) is 6.83. The second-order valence-electron chi connectivity index (χ2n) is 4.41. The smallest absolute Gasteiger partial charge is 0.252 e. The van der Waals surface area contributed by atoms with Crippen molar-refractivity contribution in [3.63, 3.8) is 0 Å². The van der Waals surface area contributed by atoms with E-state index >= 15 is 0 Å². The van der Waals surface area contributed by atoms with Crippen LogP contribution in [0.3, 0.4) is 0 Å². The second-order valence-corrected chi connectivity index (χ2v) is 5.76. The molecule has 0 saturated carbocycles. The fraction of sp³-hybridized carbons (Fsp3) is 0.462. The van der Waals surface area contributed by atoms with Crippen molar-refractivity contribution in [2.75, 3.05) is 6.54 Å². The quantitative estimate of drug-likeness (QED) is 0.842. The molecule has 0 bridgehead atoms. The van der Waals surface area contributed by atoms with Crippen LogP contribution in [0.4, 0.5) is 0 Å². The van der Waals surface area contributed by atoms with Gasteiger partial charge in [-0.15, -0.1) is 11.6 Å². The van der Waals surface area contributed by atoms with Gasteiger partial charge in [0.15, 0.2) is 0 Å². The molecule has 0 aliphatic rings. The summed E-state index contributed by atoms with van der Waals surface area (Å²) in [7, 11) is 0. The molecular formula is C13H17BrClNO. The van der Waals surface area contributed by atoms with Crippen LogP contribution in [0.15, 0.2) is 22.7 Å². The van der Waals surface area contributed by atoms with Gasteiger partial charge in [0.05, 0.1) is 10.9 Å². The van der Waals surface area contributed by atoms with E-state index < -0.39 is 0 Å². The minimum Gasteiger partial charge on any atom is -0.351 e. The number of aryl methyl sites for hydroxylation is 1. The van der Waals surface area contributed by atoms with Crippen molar-refractivity contribution in [1.29, 1.82) is 0 Å². The highest BCUT2D eigenvalue weighted by atomic mass is 79.9. The standard InChI is InChI=1S/C13H17BrClNO/c1-8(2)11(15)7-16-13(17)10-6-4-5-9(3)12(10)14/h4-6,8,11H,7H2,1-3H3,(H,16,17). The van der Waals surface area contributed by atoms with Gasteiger partial charge in [-0.3, -0.25) is 4.79 Å². The lowest BCUT2D eigenvalue weighted by atomic mass is 10.1. The van der Waals surface area contributed by atoms with Crippen molar-refractivity contribution in [3.05, 3.63) is 33.8 Å². The molecular weight excluding hydrogens is 302 g/mol. The lowest BCUT2D eigenvalue weighted by Crippen LogP contribution is -2.32. The second kappa shape index (κ2) is 6.41. The Morgan fingerprint density at radius 1 is 1.47 bits per heavy atom. The molecule has 0 aliphatic heterocycles. The lowest BCUT2D eigenvalue weighted by Gasteiger charge is -2.14. The summed E-state index contributed by atoms with van der Waals surface area (Å²) in [5, 5.41) is 2.81. The number of benzene rings is 1. The predicted octanol–water partition coefficient (Wildman–Crippen LogP) is 3.75. The van der Waals surface area contributed by atoms with Crippen LogP contribution < -0.4 is 5.32 Å². The maximum atomic E-state index is 11.9. The molecule has 94 valence electrons. The molecule has 2 nitrogen and oxygen atoms in total. The van der Waals surface area contributed by atoms with Gasteiger partial charge in [-0.05, 0) is 40.4 Å². The van der Waals surface area contributed by atoms with Crippen molar-refractivity contribution in [3.8, 4) is 0 Å². The number of alkyl halides is 1. The number of amides is 1. The number of hydrogen-bond acceptors (Lipinski definition) is 1. The largest absolute Gasteiger partial charge is 0.351 e. The van der Waals surface area contributed by atoms with Crippen molar-refractivity contribution in [2.45, 2.75) is 26.1 Å². The summed E-state index contributed by atoms with van der Waals surface area (Å²) in [6, 6.07) is 5.62. The summed E-state index contributed by atoms with van der Waals surface area (Å²) in [6.45, 7) is 6.51. The summed E-state index contributed by atoms with van der Waals surface area (Å²) in [5.74, 6) is 0.254. The number of carbonyl (C=O) groups excluding carboxylic acids is 1. The SMILES string of the molecule is Cc1cccc(C(=O)NCC(Cl)C(C)C)c1Br. The summed E-state index contributed by atoms with van der Waals surface area (Å²) >= 11 is 9.51. The van der Waals surface area contributed by atoms with Crippen LogP contribution in [0.25, 0.3) is 0 Å². The van der Waals surface area contributed by atoms with Gasteiger partial charge in [-0.25, -0.2) is 0 Å². The average molecular weight is 319 g/mol. The molecule has 1 atom stereocenters. The number of rotatable bonds is 4. The van der Waals surface area contributed by atoms with Gasteiger partial charge in [0.25, 0.3) is 5.91 Å². The van der Waals surface area contributed by atoms with Crippen LogP contribution in [0.5, 0.6) is 0 Å². The van der Waals surface area contributed by atoms with E-state index in [9.17, 15) is 4.79 Å². The molecule has 17 heavy (non-hydrogen) atoms. The van der Waals surface area contributed by atoms with Crippen LogP contribution in [-0.4, -0.2) is 17.8 Å². The van der Waals surface area contributed by atoms with Crippen LogP contribution in [0, 0.1) is 12.8 Å². The zero-order chi connectivity index (χ0) is 13.0. The van der Waals surface area contributed by atoms with Crippen molar-refractivity contribution in [1.82, 2.24) is 5.32 Å². The molecule has 1 N–H and O–H groups in total. The number of hydrogen-bond donors (Lipinski definition) is 1. The highest BCUT2D eigenvalue weighted by Crippen LogP contribution is 2.21. The summed E-state index contributed by atoms with van der Waals surface area (Å²) < 4.78 is 0.841. The van der Waals surface area contributed by atoms with E-state index in [0.29, 0.717) is 18.0 Å². The molecule has 1 amide bonds. The third-order valence-corrected chi connectivity index (χ3v) is 4.33. The third kappa shape index (κ3) is 4.00. The topological polar surface area (TPSA) is 29.1 Å². The predicted molar refractivity (Wildman–Crippen MR) is 75.7 cm³/mol. The minimum absolute atomic E-state index is 0.0393. The van der Waals surface area contributed by atoms with E-state index in [-0.39, 0.29) is 11.3 Å². The number of carbonyl (C=O) groups is 1. The highest BCUT2D eigenvalue weighted by molar-refractivity contribution is 9.10. The zero-order valence-electron chi connectivity index (χ0n) is 10.3. The van der Waals surface area contributed by atoms with Gasteiger partial charge in [0, 0.05) is 11.0 Å². The van der Waals surface area contributed by atoms with E-state index in [1.54, 1.807) is 6.07 Å². The molecule has 1 rings (SSSR count). The highest BCUT2D eigenvalue weighted by Gasteiger charge is 2.14. The maximum absolute atomic E-state index is 11.9. The molecule has 0 saturated heterocycles. The van der Waals surface area contributed by atoms with E-state index in [1.165, 1.54) is 0 Å².